The number of aryl methyl sites for hydroxylation is 2. The lowest BCUT2D eigenvalue weighted by Crippen LogP contribution is -2.33. The van der Waals surface area contributed by atoms with Crippen molar-refractivity contribution in [3.8, 4) is 5.69 Å². The maximum Gasteiger partial charge on any atom is 0.214 e. The zero-order chi connectivity index (χ0) is 19.8. The minimum Gasteiger partial charge on any atom is -0.391 e. The summed E-state index contributed by atoms with van der Waals surface area (Å²) in [4.78, 5) is 2.09. The summed E-state index contributed by atoms with van der Waals surface area (Å²) in [7, 11) is -0.273. The predicted octanol–water partition coefficient (Wildman–Crippen LogP) is 1.17. The monoisotopic (exact) mass is 392 g/mol. The number of aromatic nitrogens is 2. The van der Waals surface area contributed by atoms with Gasteiger partial charge in [-0.3, -0.25) is 4.90 Å². The highest BCUT2D eigenvalue weighted by atomic mass is 32.2. The maximum absolute atomic E-state index is 12.1. The molecule has 1 aliphatic heterocycles. The van der Waals surface area contributed by atoms with E-state index in [1.165, 1.54) is 29.5 Å². The standard InChI is InChI=1S/C19H28N4O3S/c1-14-5-6-18(7-15(14)2)23-10-16(8-20-23)9-22-11-17(19(24)12-22)13-27(25,26)21(3)4/h5-8,10,17,19,24H,9,11-13H2,1-4H3/t17-,19+/m0/s1. The molecule has 1 N–H and O–H groups in total. The molecule has 8 heteroatoms. The van der Waals surface area contributed by atoms with E-state index in [1.807, 2.05) is 23.1 Å². The third-order valence-electron chi connectivity index (χ3n) is 5.26. The highest BCUT2D eigenvalue weighted by molar-refractivity contribution is 7.89. The molecule has 1 aliphatic rings. The van der Waals surface area contributed by atoms with Gasteiger partial charge in [0.1, 0.15) is 0 Å². The van der Waals surface area contributed by atoms with Crippen LogP contribution in [0.3, 0.4) is 0 Å². The van der Waals surface area contributed by atoms with Gasteiger partial charge in [0.2, 0.25) is 10.0 Å². The van der Waals surface area contributed by atoms with Crippen molar-refractivity contribution in [2.24, 2.45) is 5.92 Å². The van der Waals surface area contributed by atoms with Gasteiger partial charge in [-0.2, -0.15) is 5.10 Å². The van der Waals surface area contributed by atoms with Gasteiger partial charge in [0, 0.05) is 51.4 Å². The van der Waals surface area contributed by atoms with E-state index in [0.717, 1.165) is 11.3 Å². The summed E-state index contributed by atoms with van der Waals surface area (Å²) in [6.07, 6.45) is 3.18. The summed E-state index contributed by atoms with van der Waals surface area (Å²) >= 11 is 0. The molecular formula is C19H28N4O3S. The molecule has 0 unspecified atom stereocenters. The van der Waals surface area contributed by atoms with E-state index in [9.17, 15) is 13.5 Å². The van der Waals surface area contributed by atoms with Crippen LogP contribution in [-0.2, 0) is 16.6 Å². The topological polar surface area (TPSA) is 78.7 Å². The van der Waals surface area contributed by atoms with Crippen LogP contribution < -0.4 is 0 Å². The highest BCUT2D eigenvalue weighted by Crippen LogP contribution is 2.22. The normalized spacial score (nSPS) is 21.3. The Morgan fingerprint density at radius 2 is 1.96 bits per heavy atom. The molecular weight excluding hydrogens is 364 g/mol. The van der Waals surface area contributed by atoms with Crippen molar-refractivity contribution in [3.05, 3.63) is 47.3 Å². The number of sulfonamides is 1. The summed E-state index contributed by atoms with van der Waals surface area (Å²) in [6.45, 7) is 5.84. The Morgan fingerprint density at radius 3 is 2.63 bits per heavy atom. The number of benzene rings is 1. The zero-order valence-corrected chi connectivity index (χ0v) is 17.1. The summed E-state index contributed by atoms with van der Waals surface area (Å²) < 4.78 is 27.3. The quantitative estimate of drug-likeness (QED) is 0.799. The number of nitrogens with zero attached hydrogens (tertiary/aromatic N) is 4. The first-order valence-electron chi connectivity index (χ1n) is 9.07. The number of aliphatic hydroxyl groups excluding tert-OH is 1. The molecule has 1 aromatic carbocycles. The second kappa shape index (κ2) is 7.71. The fourth-order valence-electron chi connectivity index (χ4n) is 3.36. The molecule has 1 fully saturated rings. The fraction of sp³-hybridized carbons (Fsp3) is 0.526. The minimum atomic E-state index is -3.32. The van der Waals surface area contributed by atoms with Crippen molar-refractivity contribution in [1.29, 1.82) is 0 Å². The van der Waals surface area contributed by atoms with Crippen LogP contribution in [0.1, 0.15) is 16.7 Å². The summed E-state index contributed by atoms with van der Waals surface area (Å²) in [5.41, 5.74) is 4.52. The maximum atomic E-state index is 12.1. The Labute approximate surface area is 161 Å². The molecule has 2 aromatic rings. The third-order valence-corrected chi connectivity index (χ3v) is 7.22. The molecule has 0 aliphatic carbocycles. The summed E-state index contributed by atoms with van der Waals surface area (Å²) in [5.74, 6) is -0.299. The molecule has 0 bridgehead atoms. The van der Waals surface area contributed by atoms with Gasteiger partial charge in [0.25, 0.3) is 0 Å². The fourth-order valence-corrected chi connectivity index (χ4v) is 4.53. The number of likely N-dealkylation sites (tertiary alicyclic amines) is 1. The summed E-state index contributed by atoms with van der Waals surface area (Å²) in [5, 5.41) is 14.7. The third kappa shape index (κ3) is 4.57. The number of hydrogen-bond acceptors (Lipinski definition) is 5. The van der Waals surface area contributed by atoms with E-state index in [4.69, 9.17) is 0 Å². The Balaban J connectivity index is 1.65. The van der Waals surface area contributed by atoms with E-state index in [-0.39, 0.29) is 11.7 Å². The van der Waals surface area contributed by atoms with Gasteiger partial charge in [-0.25, -0.2) is 17.4 Å². The molecule has 1 aromatic heterocycles. The Morgan fingerprint density at radius 1 is 1.22 bits per heavy atom. The lowest BCUT2D eigenvalue weighted by atomic mass is 10.1. The number of rotatable bonds is 6. The van der Waals surface area contributed by atoms with Crippen molar-refractivity contribution in [2.75, 3.05) is 32.9 Å². The van der Waals surface area contributed by atoms with Gasteiger partial charge >= 0.3 is 0 Å². The molecule has 27 heavy (non-hydrogen) atoms. The first kappa shape index (κ1) is 20.0. The van der Waals surface area contributed by atoms with Crippen molar-refractivity contribution in [3.63, 3.8) is 0 Å². The SMILES string of the molecule is Cc1ccc(-n2cc(CN3C[C@@H](CS(=O)(=O)N(C)C)[C@H](O)C3)cn2)cc1C. The smallest absolute Gasteiger partial charge is 0.214 e. The van der Waals surface area contributed by atoms with E-state index in [2.05, 4.69) is 36.0 Å². The first-order chi connectivity index (χ1) is 12.7. The Kier molecular flexibility index (Phi) is 5.71. The van der Waals surface area contributed by atoms with Crippen LogP contribution in [0.25, 0.3) is 5.69 Å². The average Bonchev–Trinajstić information content (AvgIpc) is 3.17. The Hall–Kier alpha value is -1.74. The van der Waals surface area contributed by atoms with Crippen LogP contribution in [0, 0.1) is 19.8 Å². The molecule has 0 spiro atoms. The van der Waals surface area contributed by atoms with Crippen molar-refractivity contribution < 1.29 is 13.5 Å². The van der Waals surface area contributed by atoms with Crippen LogP contribution in [-0.4, -0.2) is 71.6 Å². The van der Waals surface area contributed by atoms with Crippen molar-refractivity contribution in [2.45, 2.75) is 26.5 Å². The van der Waals surface area contributed by atoms with Crippen LogP contribution in [0.2, 0.25) is 0 Å². The Bertz CT molecular complexity index is 907. The van der Waals surface area contributed by atoms with Gasteiger partial charge in [-0.15, -0.1) is 0 Å². The van der Waals surface area contributed by atoms with E-state index < -0.39 is 16.1 Å². The van der Waals surface area contributed by atoms with Crippen LogP contribution in [0.4, 0.5) is 0 Å². The van der Waals surface area contributed by atoms with Crippen LogP contribution in [0.5, 0.6) is 0 Å². The number of hydrogen-bond donors (Lipinski definition) is 1. The van der Waals surface area contributed by atoms with E-state index in [1.54, 1.807) is 0 Å². The van der Waals surface area contributed by atoms with Crippen molar-refractivity contribution >= 4 is 10.0 Å². The lowest BCUT2D eigenvalue weighted by Gasteiger charge is -2.17. The summed E-state index contributed by atoms with van der Waals surface area (Å²) in [6, 6.07) is 6.23. The van der Waals surface area contributed by atoms with Gasteiger partial charge in [-0.05, 0) is 37.1 Å². The van der Waals surface area contributed by atoms with Gasteiger partial charge in [0.05, 0.1) is 23.7 Å². The zero-order valence-electron chi connectivity index (χ0n) is 16.3. The molecule has 2 atom stereocenters. The molecule has 0 amide bonds. The second-order valence-corrected chi connectivity index (χ2v) is 9.87. The molecule has 0 radical (unpaired) electrons. The molecule has 0 saturated carbocycles. The van der Waals surface area contributed by atoms with E-state index in [0.29, 0.717) is 19.6 Å². The number of β-amino-alcohol motifs (C(OH)–C–C–N with tert-alkyl or cyclic N) is 1. The largest absolute Gasteiger partial charge is 0.391 e. The van der Waals surface area contributed by atoms with Gasteiger partial charge < -0.3 is 5.11 Å². The molecule has 7 nitrogen and oxygen atoms in total. The number of aliphatic hydroxyl groups is 1. The second-order valence-electron chi connectivity index (χ2n) is 7.64. The van der Waals surface area contributed by atoms with Gasteiger partial charge in [-0.1, -0.05) is 6.07 Å². The molecule has 148 valence electrons. The minimum absolute atomic E-state index is 0.0282. The highest BCUT2D eigenvalue weighted by Gasteiger charge is 2.35. The predicted molar refractivity (Wildman–Crippen MR) is 105 cm³/mol. The molecule has 3 rings (SSSR count). The molecule has 2 heterocycles. The van der Waals surface area contributed by atoms with E-state index >= 15 is 0 Å². The first-order valence-corrected chi connectivity index (χ1v) is 10.7. The average molecular weight is 393 g/mol. The van der Waals surface area contributed by atoms with Crippen LogP contribution >= 0.6 is 0 Å². The molecule has 1 saturated heterocycles. The van der Waals surface area contributed by atoms with Crippen molar-refractivity contribution in [1.82, 2.24) is 19.0 Å². The van der Waals surface area contributed by atoms with Crippen LogP contribution in [0.15, 0.2) is 30.6 Å². The van der Waals surface area contributed by atoms with Gasteiger partial charge in [0.15, 0.2) is 0 Å². The lowest BCUT2D eigenvalue weighted by molar-refractivity contribution is 0.148.